The lowest BCUT2D eigenvalue weighted by atomic mass is 9.92. The van der Waals surface area contributed by atoms with Crippen molar-refractivity contribution in [2.24, 2.45) is 11.8 Å². The van der Waals surface area contributed by atoms with E-state index in [0.717, 1.165) is 31.5 Å². The molecule has 8 nitrogen and oxygen atoms in total. The number of hydrogen-bond donors (Lipinski definition) is 4. The van der Waals surface area contributed by atoms with Gasteiger partial charge in [-0.25, -0.2) is 4.79 Å². The van der Waals surface area contributed by atoms with E-state index >= 15 is 0 Å². The Labute approximate surface area is 184 Å². The van der Waals surface area contributed by atoms with Gasteiger partial charge in [-0.1, -0.05) is 37.3 Å². The molecule has 0 radical (unpaired) electrons. The van der Waals surface area contributed by atoms with E-state index in [1.54, 1.807) is 6.92 Å². The van der Waals surface area contributed by atoms with Gasteiger partial charge in [0, 0.05) is 13.0 Å². The molecule has 1 aromatic rings. The van der Waals surface area contributed by atoms with Gasteiger partial charge in [0.05, 0.1) is 6.16 Å². The van der Waals surface area contributed by atoms with Gasteiger partial charge in [0.1, 0.15) is 0 Å². The van der Waals surface area contributed by atoms with Crippen LogP contribution in [0.1, 0.15) is 44.6 Å². The van der Waals surface area contributed by atoms with Gasteiger partial charge in [-0.3, -0.25) is 13.9 Å². The molecule has 1 saturated heterocycles. The maximum Gasteiger partial charge on any atom is 0.333 e. The van der Waals surface area contributed by atoms with Crippen LogP contribution in [0, 0.1) is 11.8 Å². The van der Waals surface area contributed by atoms with E-state index in [2.05, 4.69) is 10.6 Å². The van der Waals surface area contributed by atoms with E-state index in [4.69, 9.17) is 4.52 Å². The van der Waals surface area contributed by atoms with Crippen LogP contribution in [0.4, 0.5) is 0 Å². The van der Waals surface area contributed by atoms with Crippen molar-refractivity contribution < 1.29 is 28.7 Å². The first-order chi connectivity index (χ1) is 14.7. The predicted octanol–water partition coefficient (Wildman–Crippen LogP) is 2.81. The molecule has 31 heavy (non-hydrogen) atoms. The molecule has 0 aliphatic carbocycles. The molecule has 1 fully saturated rings. The maximum atomic E-state index is 12.5. The summed E-state index contributed by atoms with van der Waals surface area (Å²) in [6, 6.07) is 9.68. The van der Waals surface area contributed by atoms with Gasteiger partial charge >= 0.3 is 13.6 Å². The molecular formula is C22H35N2O6P. The Bertz CT molecular complexity index is 739. The van der Waals surface area contributed by atoms with Crippen LogP contribution < -0.4 is 10.6 Å². The van der Waals surface area contributed by atoms with Gasteiger partial charge in [0.2, 0.25) is 5.91 Å². The second-order valence-electron chi connectivity index (χ2n) is 8.42. The number of aliphatic carboxylic acids is 1. The lowest BCUT2D eigenvalue weighted by molar-refractivity contribution is -0.146. The Morgan fingerprint density at radius 2 is 1.94 bits per heavy atom. The smallest absolute Gasteiger partial charge is 0.333 e. The molecule has 1 aliphatic heterocycles. The highest BCUT2D eigenvalue weighted by Crippen LogP contribution is 2.45. The predicted molar refractivity (Wildman–Crippen MR) is 119 cm³/mol. The zero-order valence-corrected chi connectivity index (χ0v) is 19.1. The van der Waals surface area contributed by atoms with E-state index in [0.29, 0.717) is 25.2 Å². The Balaban J connectivity index is 1.72. The van der Waals surface area contributed by atoms with Crippen molar-refractivity contribution in [2.45, 2.75) is 51.6 Å². The van der Waals surface area contributed by atoms with E-state index in [9.17, 15) is 24.2 Å². The van der Waals surface area contributed by atoms with Crippen molar-refractivity contribution >= 4 is 19.5 Å². The fraction of sp³-hybridized carbons (Fsp3) is 0.636. The van der Waals surface area contributed by atoms with E-state index < -0.39 is 19.7 Å². The Morgan fingerprint density at radius 3 is 2.58 bits per heavy atom. The number of piperidine rings is 1. The molecule has 1 heterocycles. The summed E-state index contributed by atoms with van der Waals surface area (Å²) >= 11 is 0. The quantitative estimate of drug-likeness (QED) is 0.338. The van der Waals surface area contributed by atoms with Crippen molar-refractivity contribution in [2.75, 3.05) is 25.8 Å². The van der Waals surface area contributed by atoms with Crippen molar-refractivity contribution in [3.63, 3.8) is 0 Å². The number of rotatable bonds is 13. The molecule has 0 spiro atoms. The number of carboxylic acids is 1. The summed E-state index contributed by atoms with van der Waals surface area (Å²) in [6.45, 7) is 3.79. The second-order valence-corrected chi connectivity index (χ2v) is 10.3. The van der Waals surface area contributed by atoms with Gasteiger partial charge in [-0.15, -0.1) is 0 Å². The van der Waals surface area contributed by atoms with Crippen LogP contribution in [0.5, 0.6) is 0 Å². The number of carboxylic acid groups (broad SMARTS) is 1. The van der Waals surface area contributed by atoms with Crippen molar-refractivity contribution in [1.29, 1.82) is 0 Å². The monoisotopic (exact) mass is 454 g/mol. The van der Waals surface area contributed by atoms with Crippen LogP contribution in [0.3, 0.4) is 0 Å². The summed E-state index contributed by atoms with van der Waals surface area (Å²) in [7, 11) is -4.10. The topological polar surface area (TPSA) is 125 Å². The normalized spacial score (nSPS) is 18.6. The van der Waals surface area contributed by atoms with Crippen molar-refractivity contribution in [1.82, 2.24) is 10.6 Å². The molecule has 3 atom stereocenters. The fourth-order valence-corrected chi connectivity index (χ4v) is 5.35. The number of aryl methyl sites for hydroxylation is 1. The summed E-state index contributed by atoms with van der Waals surface area (Å²) in [6.07, 6.45) is 2.29. The zero-order valence-electron chi connectivity index (χ0n) is 18.2. The first-order valence-electron chi connectivity index (χ1n) is 11.0. The van der Waals surface area contributed by atoms with Gasteiger partial charge in [0.15, 0.2) is 6.10 Å². The zero-order chi connectivity index (χ0) is 22.7. The Morgan fingerprint density at radius 1 is 1.26 bits per heavy atom. The molecule has 0 aromatic heterocycles. The molecule has 2 rings (SSSR count). The molecule has 1 aromatic carbocycles. The molecule has 1 aliphatic rings. The van der Waals surface area contributed by atoms with Crippen LogP contribution in [0.25, 0.3) is 0 Å². The fourth-order valence-electron chi connectivity index (χ4n) is 3.76. The second kappa shape index (κ2) is 13.0. The number of carbonyl (C=O) groups is 2. The molecule has 174 valence electrons. The number of hydrogen-bond acceptors (Lipinski definition) is 5. The Hall–Kier alpha value is -1.73. The summed E-state index contributed by atoms with van der Waals surface area (Å²) in [5.74, 6) is -1.26. The minimum absolute atomic E-state index is 0.130. The standard InChI is InChI=1S/C22H35N2O6P/c1-17(15-24-21(25)10-8-18-5-3-2-4-6-18)16-31(28,29)30-20(22(26)27)9-7-19-11-13-23-14-12-19/h2-6,17,19-20,23H,7-16H2,1H3,(H,24,25)(H,26,27)(H,28,29)/t17-,20-/m1/s1. The van der Waals surface area contributed by atoms with Crippen LogP contribution in [-0.4, -0.2) is 53.8 Å². The SMILES string of the molecule is C[C@H](CNC(=O)CCc1ccccc1)CP(=O)(O)O[C@H](CCC1CCNCC1)C(=O)O. The lowest BCUT2D eigenvalue weighted by Crippen LogP contribution is -2.31. The molecule has 1 unspecified atom stereocenters. The first kappa shape index (κ1) is 25.5. The molecule has 4 N–H and O–H groups in total. The van der Waals surface area contributed by atoms with Gasteiger partial charge in [-0.2, -0.15) is 0 Å². The Kier molecular flexibility index (Phi) is 10.7. The van der Waals surface area contributed by atoms with Crippen LogP contribution in [0.15, 0.2) is 30.3 Å². The average molecular weight is 455 g/mol. The molecule has 0 saturated carbocycles. The largest absolute Gasteiger partial charge is 0.479 e. The highest BCUT2D eigenvalue weighted by Gasteiger charge is 2.31. The molecular weight excluding hydrogens is 419 g/mol. The summed E-state index contributed by atoms with van der Waals surface area (Å²) < 4.78 is 17.6. The van der Waals surface area contributed by atoms with E-state index in [-0.39, 0.29) is 31.0 Å². The molecule has 9 heteroatoms. The minimum Gasteiger partial charge on any atom is -0.479 e. The minimum atomic E-state index is -4.10. The van der Waals surface area contributed by atoms with E-state index in [1.807, 2.05) is 30.3 Å². The van der Waals surface area contributed by atoms with E-state index in [1.165, 1.54) is 0 Å². The van der Waals surface area contributed by atoms with Crippen LogP contribution >= 0.6 is 7.60 Å². The number of amides is 1. The number of nitrogens with one attached hydrogen (secondary N) is 2. The number of benzene rings is 1. The third kappa shape index (κ3) is 10.4. The first-order valence-corrected chi connectivity index (χ1v) is 12.8. The van der Waals surface area contributed by atoms with Crippen LogP contribution in [-0.2, 0) is 25.1 Å². The average Bonchev–Trinajstić information content (AvgIpc) is 2.74. The summed E-state index contributed by atoms with van der Waals surface area (Å²) in [5.41, 5.74) is 1.07. The highest BCUT2D eigenvalue weighted by atomic mass is 31.2. The summed E-state index contributed by atoms with van der Waals surface area (Å²) in [5, 5.41) is 15.4. The highest BCUT2D eigenvalue weighted by molar-refractivity contribution is 7.52. The van der Waals surface area contributed by atoms with Gasteiger partial charge < -0.3 is 20.6 Å². The van der Waals surface area contributed by atoms with Crippen LogP contribution in [0.2, 0.25) is 0 Å². The maximum absolute atomic E-state index is 12.5. The molecule has 0 bridgehead atoms. The van der Waals surface area contributed by atoms with Crippen molar-refractivity contribution in [3.8, 4) is 0 Å². The van der Waals surface area contributed by atoms with Crippen molar-refractivity contribution in [3.05, 3.63) is 35.9 Å². The third-order valence-corrected chi connectivity index (χ3v) is 7.21. The number of carbonyl (C=O) groups excluding carboxylic acids is 1. The lowest BCUT2D eigenvalue weighted by Gasteiger charge is -2.25. The molecule has 1 amide bonds. The van der Waals surface area contributed by atoms with Gasteiger partial charge in [-0.05, 0) is 62.6 Å². The van der Waals surface area contributed by atoms with Gasteiger partial charge in [0.25, 0.3) is 0 Å². The summed E-state index contributed by atoms with van der Waals surface area (Å²) in [4.78, 5) is 33.8. The third-order valence-electron chi connectivity index (χ3n) is 5.54.